The normalized spacial score (nSPS) is 19.3. The van der Waals surface area contributed by atoms with Crippen LogP contribution in [-0.4, -0.2) is 57.1 Å². The lowest BCUT2D eigenvalue weighted by atomic mass is 10.1. The quantitative estimate of drug-likeness (QED) is 0.825. The van der Waals surface area contributed by atoms with Crippen LogP contribution in [0.5, 0.6) is 5.75 Å². The molecule has 1 heterocycles. The van der Waals surface area contributed by atoms with Gasteiger partial charge in [0.1, 0.15) is 12.4 Å². The number of sulfone groups is 1. The summed E-state index contributed by atoms with van der Waals surface area (Å²) in [4.78, 5) is 13.5. The third-order valence-corrected chi connectivity index (χ3v) is 5.79. The van der Waals surface area contributed by atoms with E-state index in [0.717, 1.165) is 11.3 Å². The number of aryl methyl sites for hydroxylation is 2. The van der Waals surface area contributed by atoms with Gasteiger partial charge in [0, 0.05) is 13.1 Å². The van der Waals surface area contributed by atoms with Gasteiger partial charge in [-0.2, -0.15) is 0 Å². The molecular weight excluding hydrogens is 316 g/mol. The molecule has 1 N–H and O–H groups in total. The summed E-state index contributed by atoms with van der Waals surface area (Å²) in [5.74, 6) is 1.02. The molecule has 2 rings (SSSR count). The van der Waals surface area contributed by atoms with Gasteiger partial charge in [0.15, 0.2) is 9.84 Å². The molecule has 0 spiro atoms. The molecule has 1 aromatic carbocycles. The summed E-state index contributed by atoms with van der Waals surface area (Å²) in [5.41, 5.74) is 2.24. The molecule has 0 radical (unpaired) electrons. The van der Waals surface area contributed by atoms with Gasteiger partial charge in [-0.05, 0) is 31.9 Å². The zero-order valence-corrected chi connectivity index (χ0v) is 14.6. The van der Waals surface area contributed by atoms with Gasteiger partial charge in [-0.25, -0.2) is 13.2 Å². The topological polar surface area (TPSA) is 75.7 Å². The summed E-state index contributed by atoms with van der Waals surface area (Å²) in [6.07, 6.45) is 0.505. The number of nitrogens with zero attached hydrogens (tertiary/aromatic N) is 1. The fourth-order valence-corrected chi connectivity index (χ4v) is 4.43. The lowest BCUT2D eigenvalue weighted by molar-refractivity contribution is 0.192. The number of benzene rings is 1. The monoisotopic (exact) mass is 340 g/mol. The second kappa shape index (κ2) is 7.21. The largest absolute Gasteiger partial charge is 0.491 e. The Morgan fingerprint density at radius 1 is 1.39 bits per heavy atom. The van der Waals surface area contributed by atoms with Crippen LogP contribution in [0.4, 0.5) is 4.79 Å². The Morgan fingerprint density at radius 2 is 2.13 bits per heavy atom. The fourth-order valence-electron chi connectivity index (χ4n) is 2.65. The minimum Gasteiger partial charge on any atom is -0.491 e. The molecule has 6 nitrogen and oxygen atoms in total. The van der Waals surface area contributed by atoms with Gasteiger partial charge in [0.05, 0.1) is 18.1 Å². The minimum atomic E-state index is -2.99. The molecule has 128 valence electrons. The molecule has 1 atom stereocenters. The van der Waals surface area contributed by atoms with Crippen molar-refractivity contribution >= 4 is 15.9 Å². The maximum atomic E-state index is 12.0. The van der Waals surface area contributed by atoms with E-state index in [0.29, 0.717) is 19.6 Å². The number of carbonyl (C=O) groups excluding carboxylic acids is 1. The Morgan fingerprint density at radius 3 is 2.74 bits per heavy atom. The molecular formula is C16H24N2O4S. The number of hydrogen-bond acceptors (Lipinski definition) is 4. The Balaban J connectivity index is 1.74. The second-order valence-corrected chi connectivity index (χ2v) is 8.25. The summed E-state index contributed by atoms with van der Waals surface area (Å²) in [7, 11) is -1.36. The summed E-state index contributed by atoms with van der Waals surface area (Å²) in [6.45, 7) is 4.74. The van der Waals surface area contributed by atoms with E-state index in [1.165, 1.54) is 10.5 Å². The van der Waals surface area contributed by atoms with Gasteiger partial charge in [-0.1, -0.05) is 17.7 Å². The number of carbonyl (C=O) groups is 1. The van der Waals surface area contributed by atoms with Gasteiger partial charge >= 0.3 is 6.03 Å². The molecule has 0 bridgehead atoms. The molecule has 0 saturated carbocycles. The van der Waals surface area contributed by atoms with Crippen molar-refractivity contribution in [2.75, 3.05) is 31.7 Å². The average Bonchev–Trinajstić information content (AvgIpc) is 2.84. The Hall–Kier alpha value is -1.76. The zero-order valence-electron chi connectivity index (χ0n) is 13.8. The molecule has 1 fully saturated rings. The van der Waals surface area contributed by atoms with E-state index >= 15 is 0 Å². The molecule has 1 aromatic rings. The number of nitrogens with one attached hydrogen (secondary N) is 1. The molecule has 1 aliphatic rings. The summed E-state index contributed by atoms with van der Waals surface area (Å²) >= 11 is 0. The van der Waals surface area contributed by atoms with Crippen molar-refractivity contribution < 1.29 is 17.9 Å². The summed E-state index contributed by atoms with van der Waals surface area (Å²) < 4.78 is 28.6. The number of amides is 2. The van der Waals surface area contributed by atoms with Crippen LogP contribution in [0.1, 0.15) is 17.5 Å². The van der Waals surface area contributed by atoms with Crippen LogP contribution >= 0.6 is 0 Å². The lowest BCUT2D eigenvalue weighted by Gasteiger charge is -2.23. The van der Waals surface area contributed by atoms with Crippen LogP contribution in [-0.2, 0) is 9.84 Å². The summed E-state index contributed by atoms with van der Waals surface area (Å²) in [6, 6.07) is 5.44. The van der Waals surface area contributed by atoms with Crippen LogP contribution in [0.25, 0.3) is 0 Å². The number of rotatable bonds is 5. The zero-order chi connectivity index (χ0) is 17.0. The molecule has 23 heavy (non-hydrogen) atoms. The van der Waals surface area contributed by atoms with Crippen molar-refractivity contribution in [1.82, 2.24) is 10.2 Å². The van der Waals surface area contributed by atoms with Gasteiger partial charge in [-0.15, -0.1) is 0 Å². The molecule has 0 aliphatic carbocycles. The van der Waals surface area contributed by atoms with Gasteiger partial charge in [-0.3, -0.25) is 0 Å². The number of ether oxygens (including phenoxy) is 1. The van der Waals surface area contributed by atoms with Crippen LogP contribution in [0.3, 0.4) is 0 Å². The standard InChI is InChI=1S/C16H24N2O4S/c1-12-4-5-15(13(2)10-12)22-8-7-17-16(19)18(3)14-6-9-23(20,21)11-14/h4-5,10,14H,6-9,11H2,1-3H3,(H,17,19). The first-order chi connectivity index (χ1) is 10.8. The van der Waals surface area contributed by atoms with Gasteiger partial charge in [0.2, 0.25) is 0 Å². The highest BCUT2D eigenvalue weighted by molar-refractivity contribution is 7.91. The van der Waals surface area contributed by atoms with E-state index in [1.807, 2.05) is 32.0 Å². The second-order valence-electron chi connectivity index (χ2n) is 6.02. The molecule has 2 amide bonds. The van der Waals surface area contributed by atoms with Crippen molar-refractivity contribution in [3.63, 3.8) is 0 Å². The fraction of sp³-hybridized carbons (Fsp3) is 0.562. The van der Waals surface area contributed by atoms with Crippen molar-refractivity contribution in [3.8, 4) is 5.75 Å². The van der Waals surface area contributed by atoms with Crippen molar-refractivity contribution in [1.29, 1.82) is 0 Å². The maximum Gasteiger partial charge on any atom is 0.317 e. The van der Waals surface area contributed by atoms with Crippen molar-refractivity contribution in [3.05, 3.63) is 29.3 Å². The first-order valence-electron chi connectivity index (χ1n) is 7.69. The van der Waals surface area contributed by atoms with Gasteiger partial charge in [0.25, 0.3) is 0 Å². The smallest absolute Gasteiger partial charge is 0.317 e. The van der Waals surface area contributed by atoms with Gasteiger partial charge < -0.3 is 15.0 Å². The molecule has 1 aliphatic heterocycles. The van der Waals surface area contributed by atoms with Crippen molar-refractivity contribution in [2.24, 2.45) is 0 Å². The van der Waals surface area contributed by atoms with Crippen LogP contribution < -0.4 is 10.1 Å². The third-order valence-electron chi connectivity index (χ3n) is 4.04. The number of urea groups is 1. The highest BCUT2D eigenvalue weighted by Crippen LogP contribution is 2.18. The first kappa shape index (κ1) is 17.6. The Labute approximate surface area is 137 Å². The predicted molar refractivity (Wildman–Crippen MR) is 89.6 cm³/mol. The third kappa shape index (κ3) is 4.86. The minimum absolute atomic E-state index is 0.0516. The molecule has 7 heteroatoms. The number of hydrogen-bond donors (Lipinski definition) is 1. The van der Waals surface area contributed by atoms with Crippen LogP contribution in [0, 0.1) is 13.8 Å². The SMILES string of the molecule is Cc1ccc(OCCNC(=O)N(C)C2CCS(=O)(=O)C2)c(C)c1. The highest BCUT2D eigenvalue weighted by Gasteiger charge is 2.32. The highest BCUT2D eigenvalue weighted by atomic mass is 32.2. The summed E-state index contributed by atoms with van der Waals surface area (Å²) in [5, 5.41) is 2.75. The van der Waals surface area contributed by atoms with E-state index in [2.05, 4.69) is 5.32 Å². The van der Waals surface area contributed by atoms with E-state index < -0.39 is 9.84 Å². The van der Waals surface area contributed by atoms with E-state index in [9.17, 15) is 13.2 Å². The molecule has 0 aromatic heterocycles. The van der Waals surface area contributed by atoms with Crippen molar-refractivity contribution in [2.45, 2.75) is 26.3 Å². The molecule has 1 unspecified atom stereocenters. The van der Waals surface area contributed by atoms with E-state index in [1.54, 1.807) is 7.05 Å². The lowest BCUT2D eigenvalue weighted by Crippen LogP contribution is -2.45. The van der Waals surface area contributed by atoms with Crippen LogP contribution in [0.15, 0.2) is 18.2 Å². The average molecular weight is 340 g/mol. The van der Waals surface area contributed by atoms with E-state index in [4.69, 9.17) is 4.74 Å². The Bertz CT molecular complexity index is 673. The predicted octanol–water partition coefficient (Wildman–Crippen LogP) is 1.51. The maximum absolute atomic E-state index is 12.0. The molecule has 1 saturated heterocycles. The Kier molecular flexibility index (Phi) is 5.51. The first-order valence-corrected chi connectivity index (χ1v) is 9.52. The van der Waals surface area contributed by atoms with E-state index in [-0.39, 0.29) is 23.6 Å². The van der Waals surface area contributed by atoms with Crippen LogP contribution in [0.2, 0.25) is 0 Å².